The van der Waals surface area contributed by atoms with Gasteiger partial charge in [-0.05, 0) is 61.6 Å². The van der Waals surface area contributed by atoms with E-state index in [0.29, 0.717) is 17.1 Å². The molecule has 0 unspecified atom stereocenters. The van der Waals surface area contributed by atoms with E-state index in [4.69, 9.17) is 0 Å². The minimum Gasteiger partial charge on any atom is -0.723 e. The molecule has 1 aliphatic carbocycles. The third kappa shape index (κ3) is 3.78. The molecule has 0 fully saturated rings. The molecule has 1 aromatic heterocycles. The van der Waals surface area contributed by atoms with E-state index in [1.165, 1.54) is 18.4 Å². The monoisotopic (exact) mass is 343 g/mol. The SMILES string of the molecule is Cc1cccc(-n2nc([N+](=O)[O-])c(NCCC3=CCCCC3)[n+]2[O-])c1. The van der Waals surface area contributed by atoms with Crippen LogP contribution in [0.1, 0.15) is 37.7 Å². The number of benzene rings is 1. The fourth-order valence-corrected chi connectivity index (χ4v) is 3.02. The number of hydrogen-bond donors (Lipinski definition) is 1. The summed E-state index contributed by atoms with van der Waals surface area (Å²) in [5.41, 5.74) is 2.76. The van der Waals surface area contributed by atoms with E-state index in [0.717, 1.165) is 29.6 Å². The Hall–Kier alpha value is -2.90. The molecule has 1 aliphatic rings. The van der Waals surface area contributed by atoms with Crippen molar-refractivity contribution in [2.24, 2.45) is 0 Å². The first-order valence-corrected chi connectivity index (χ1v) is 8.42. The molecule has 8 nitrogen and oxygen atoms in total. The number of nitrogens with zero attached hydrogens (tertiary/aromatic N) is 4. The van der Waals surface area contributed by atoms with Gasteiger partial charge in [0.1, 0.15) is 5.69 Å². The summed E-state index contributed by atoms with van der Waals surface area (Å²) in [5.74, 6) is -0.586. The van der Waals surface area contributed by atoms with Gasteiger partial charge in [0.25, 0.3) is 0 Å². The zero-order valence-electron chi connectivity index (χ0n) is 14.1. The van der Waals surface area contributed by atoms with Crippen molar-refractivity contribution in [2.45, 2.75) is 39.0 Å². The fourth-order valence-electron chi connectivity index (χ4n) is 3.02. The number of aryl methyl sites for hydroxylation is 1. The molecule has 0 amide bonds. The van der Waals surface area contributed by atoms with Crippen LogP contribution in [0.25, 0.3) is 5.69 Å². The Balaban J connectivity index is 1.82. The Bertz CT molecular complexity index is 813. The highest BCUT2D eigenvalue weighted by atomic mass is 16.6. The van der Waals surface area contributed by atoms with Crippen molar-refractivity contribution in [3.05, 3.63) is 56.8 Å². The van der Waals surface area contributed by atoms with Gasteiger partial charge in [0.05, 0.1) is 6.54 Å². The van der Waals surface area contributed by atoms with E-state index in [2.05, 4.69) is 16.5 Å². The minimum atomic E-state index is -0.636. The van der Waals surface area contributed by atoms with Crippen LogP contribution in [-0.4, -0.2) is 21.4 Å². The highest BCUT2D eigenvalue weighted by Crippen LogP contribution is 2.22. The second-order valence-corrected chi connectivity index (χ2v) is 6.22. The molecule has 132 valence electrons. The zero-order valence-corrected chi connectivity index (χ0v) is 14.1. The molecule has 0 aliphatic heterocycles. The summed E-state index contributed by atoms with van der Waals surface area (Å²) in [6.45, 7) is 2.35. The van der Waals surface area contributed by atoms with Crippen molar-refractivity contribution < 1.29 is 9.77 Å². The molecule has 0 radical (unpaired) electrons. The van der Waals surface area contributed by atoms with Gasteiger partial charge in [-0.15, -0.1) is 0 Å². The van der Waals surface area contributed by atoms with Crippen LogP contribution in [0.3, 0.4) is 0 Å². The minimum absolute atomic E-state index is 0.122. The summed E-state index contributed by atoms with van der Waals surface area (Å²) >= 11 is 0. The predicted octanol–water partition coefficient (Wildman–Crippen LogP) is 3.02. The summed E-state index contributed by atoms with van der Waals surface area (Å²) in [4.78, 5) is 12.1. The quantitative estimate of drug-likeness (QED) is 0.286. The highest BCUT2D eigenvalue weighted by molar-refractivity contribution is 5.46. The van der Waals surface area contributed by atoms with Crippen molar-refractivity contribution in [1.29, 1.82) is 0 Å². The standard InChI is InChI=1S/C17H21N5O3/c1-13-6-5-9-15(12-13)20-19-17(22(24)25)16(21(20)23)18-11-10-14-7-3-2-4-8-14/h5-7,9,12,18H,2-4,8,10-11H2,1H3. The molecule has 0 saturated heterocycles. The van der Waals surface area contributed by atoms with Crippen LogP contribution in [0.4, 0.5) is 11.6 Å². The van der Waals surface area contributed by atoms with Crippen molar-refractivity contribution in [1.82, 2.24) is 9.90 Å². The van der Waals surface area contributed by atoms with E-state index in [-0.39, 0.29) is 5.82 Å². The normalized spacial score (nSPS) is 14.2. The molecule has 0 bridgehead atoms. The van der Waals surface area contributed by atoms with Crippen molar-refractivity contribution in [3.8, 4) is 5.69 Å². The number of aromatic nitrogens is 3. The first kappa shape index (κ1) is 16.9. The lowest BCUT2D eigenvalue weighted by Gasteiger charge is -2.12. The van der Waals surface area contributed by atoms with Gasteiger partial charge >= 0.3 is 11.6 Å². The third-order valence-electron chi connectivity index (χ3n) is 4.29. The molecule has 3 rings (SSSR count). The van der Waals surface area contributed by atoms with Crippen LogP contribution in [0.2, 0.25) is 0 Å². The van der Waals surface area contributed by atoms with E-state index in [1.54, 1.807) is 18.2 Å². The molecular formula is C17H21N5O3. The Morgan fingerprint density at radius 2 is 2.24 bits per heavy atom. The Morgan fingerprint density at radius 1 is 1.40 bits per heavy atom. The van der Waals surface area contributed by atoms with Gasteiger partial charge in [0.2, 0.25) is 0 Å². The van der Waals surface area contributed by atoms with Gasteiger partial charge < -0.3 is 15.3 Å². The second kappa shape index (κ2) is 7.33. The lowest BCUT2D eigenvalue weighted by molar-refractivity contribution is -0.675. The maximum absolute atomic E-state index is 12.5. The molecule has 1 N–H and O–H groups in total. The smallest absolute Gasteiger partial charge is 0.428 e. The Morgan fingerprint density at radius 3 is 2.92 bits per heavy atom. The predicted molar refractivity (Wildman–Crippen MR) is 93.6 cm³/mol. The van der Waals surface area contributed by atoms with Gasteiger partial charge in [-0.2, -0.15) is 4.85 Å². The van der Waals surface area contributed by atoms with Gasteiger partial charge in [0.15, 0.2) is 0 Å². The Kier molecular flexibility index (Phi) is 4.97. The first-order chi connectivity index (χ1) is 12.1. The summed E-state index contributed by atoms with van der Waals surface area (Å²) in [5, 5.41) is 30.6. The van der Waals surface area contributed by atoms with Crippen molar-refractivity contribution in [2.75, 3.05) is 11.9 Å². The highest BCUT2D eigenvalue weighted by Gasteiger charge is 2.27. The van der Waals surface area contributed by atoms with Gasteiger partial charge in [-0.25, -0.2) is 0 Å². The number of allylic oxidation sites excluding steroid dienone is 1. The second-order valence-electron chi connectivity index (χ2n) is 6.22. The number of nitrogens with one attached hydrogen (secondary N) is 1. The lowest BCUT2D eigenvalue weighted by atomic mass is 9.97. The Labute approximate surface area is 145 Å². The molecular weight excluding hydrogens is 322 g/mol. The topological polar surface area (TPSA) is 99.9 Å². The largest absolute Gasteiger partial charge is 0.723 e. The van der Waals surface area contributed by atoms with E-state index >= 15 is 0 Å². The van der Waals surface area contributed by atoms with Gasteiger partial charge in [-0.1, -0.05) is 28.6 Å². The average molecular weight is 343 g/mol. The van der Waals surface area contributed by atoms with Crippen molar-refractivity contribution in [3.63, 3.8) is 0 Å². The summed E-state index contributed by atoms with van der Waals surface area (Å²) in [7, 11) is 0. The first-order valence-electron chi connectivity index (χ1n) is 8.42. The van der Waals surface area contributed by atoms with Crippen LogP contribution in [0.15, 0.2) is 35.9 Å². The number of hydrogen-bond acceptors (Lipinski definition) is 5. The van der Waals surface area contributed by atoms with Crippen LogP contribution >= 0.6 is 0 Å². The molecule has 0 saturated carbocycles. The van der Waals surface area contributed by atoms with E-state index in [9.17, 15) is 15.3 Å². The fraction of sp³-hybridized carbons (Fsp3) is 0.412. The molecule has 25 heavy (non-hydrogen) atoms. The number of anilines is 1. The molecule has 1 aromatic carbocycles. The molecule has 0 spiro atoms. The average Bonchev–Trinajstić information content (AvgIpc) is 2.93. The van der Waals surface area contributed by atoms with Crippen molar-refractivity contribution >= 4 is 11.6 Å². The third-order valence-corrected chi connectivity index (χ3v) is 4.29. The summed E-state index contributed by atoms with van der Waals surface area (Å²) in [6.07, 6.45) is 7.53. The molecule has 2 aromatic rings. The number of rotatable bonds is 6. The lowest BCUT2D eigenvalue weighted by Crippen LogP contribution is -2.39. The van der Waals surface area contributed by atoms with E-state index in [1.807, 2.05) is 13.0 Å². The summed E-state index contributed by atoms with van der Waals surface area (Å²) in [6, 6.07) is 7.10. The van der Waals surface area contributed by atoms with Gasteiger partial charge in [-0.3, -0.25) is 5.32 Å². The van der Waals surface area contributed by atoms with Crippen LogP contribution < -0.4 is 10.2 Å². The maximum atomic E-state index is 12.5. The van der Waals surface area contributed by atoms with Crippen LogP contribution in [0, 0.1) is 22.2 Å². The van der Waals surface area contributed by atoms with Crippen LogP contribution in [0.5, 0.6) is 0 Å². The van der Waals surface area contributed by atoms with Gasteiger partial charge in [0, 0.05) is 5.10 Å². The van der Waals surface area contributed by atoms with E-state index < -0.39 is 10.7 Å². The zero-order chi connectivity index (χ0) is 17.8. The molecule has 8 heteroatoms. The number of nitro groups is 1. The molecule has 1 heterocycles. The van der Waals surface area contributed by atoms with Crippen LogP contribution in [-0.2, 0) is 0 Å². The maximum Gasteiger partial charge on any atom is 0.428 e. The molecule has 0 atom stereocenters. The summed E-state index contributed by atoms with van der Waals surface area (Å²) < 4.78 is 0.